The van der Waals surface area contributed by atoms with Gasteiger partial charge >= 0.3 is 12.0 Å². The molecule has 0 spiro atoms. The molecule has 110 valence electrons. The minimum absolute atomic E-state index is 0.0439. The van der Waals surface area contributed by atoms with Gasteiger partial charge in [0.25, 0.3) is 0 Å². The first-order chi connectivity index (χ1) is 8.88. The number of aliphatic hydroxyl groups is 1. The van der Waals surface area contributed by atoms with Crippen LogP contribution in [0, 0.1) is 5.92 Å². The van der Waals surface area contributed by atoms with Crippen molar-refractivity contribution >= 4 is 12.0 Å². The van der Waals surface area contributed by atoms with Gasteiger partial charge in [0.15, 0.2) is 0 Å². The zero-order valence-electron chi connectivity index (χ0n) is 11.9. The van der Waals surface area contributed by atoms with Crippen molar-refractivity contribution in [3.63, 3.8) is 0 Å². The molecule has 2 N–H and O–H groups in total. The third kappa shape index (κ3) is 3.83. The molecule has 19 heavy (non-hydrogen) atoms. The number of carboxylic acids is 1. The summed E-state index contributed by atoms with van der Waals surface area (Å²) in [7, 11) is 0. The lowest BCUT2D eigenvalue weighted by atomic mass is 10.0. The number of hydrogen-bond donors (Lipinski definition) is 2. The molecule has 0 bridgehead atoms. The highest BCUT2D eigenvalue weighted by atomic mass is 16.4. The third-order valence-electron chi connectivity index (χ3n) is 3.75. The monoisotopic (exact) mass is 272 g/mol. The molecule has 0 aliphatic carbocycles. The van der Waals surface area contributed by atoms with Gasteiger partial charge in [0.2, 0.25) is 0 Å². The van der Waals surface area contributed by atoms with Gasteiger partial charge in [-0.15, -0.1) is 0 Å². The van der Waals surface area contributed by atoms with E-state index < -0.39 is 5.97 Å². The van der Waals surface area contributed by atoms with Gasteiger partial charge in [-0.2, -0.15) is 0 Å². The van der Waals surface area contributed by atoms with Gasteiger partial charge in [0, 0.05) is 19.1 Å². The molecule has 1 fully saturated rings. The molecule has 0 radical (unpaired) electrons. The third-order valence-corrected chi connectivity index (χ3v) is 3.75. The molecule has 6 nitrogen and oxygen atoms in total. The Balaban J connectivity index is 2.73. The largest absolute Gasteiger partial charge is 0.481 e. The summed E-state index contributed by atoms with van der Waals surface area (Å²) in [4.78, 5) is 26.4. The van der Waals surface area contributed by atoms with Crippen LogP contribution in [0.1, 0.15) is 33.6 Å². The normalized spacial score (nSPS) is 22.9. The van der Waals surface area contributed by atoms with Crippen molar-refractivity contribution in [3.8, 4) is 0 Å². The molecule has 2 atom stereocenters. The molecule has 0 aromatic heterocycles. The zero-order valence-corrected chi connectivity index (χ0v) is 11.9. The van der Waals surface area contributed by atoms with Gasteiger partial charge in [0.05, 0.1) is 19.1 Å². The summed E-state index contributed by atoms with van der Waals surface area (Å²) in [6, 6.07) is -0.375. The Morgan fingerprint density at radius 2 is 2.05 bits per heavy atom. The van der Waals surface area contributed by atoms with Crippen LogP contribution in [0.5, 0.6) is 0 Å². The van der Waals surface area contributed by atoms with Crippen molar-refractivity contribution in [3.05, 3.63) is 0 Å². The number of carbonyl (C=O) groups is 2. The molecular formula is C13H24N2O4. The number of nitrogens with zero attached hydrogens (tertiary/aromatic N) is 2. The van der Waals surface area contributed by atoms with Crippen LogP contribution in [0.3, 0.4) is 0 Å². The maximum absolute atomic E-state index is 12.5. The van der Waals surface area contributed by atoms with Gasteiger partial charge in [-0.3, -0.25) is 4.79 Å². The van der Waals surface area contributed by atoms with Crippen molar-refractivity contribution in [1.82, 2.24) is 9.80 Å². The van der Waals surface area contributed by atoms with Crippen LogP contribution < -0.4 is 0 Å². The number of hydrogen-bond acceptors (Lipinski definition) is 3. The molecular weight excluding hydrogens is 248 g/mol. The van der Waals surface area contributed by atoms with E-state index in [1.807, 2.05) is 20.8 Å². The van der Waals surface area contributed by atoms with Gasteiger partial charge in [0.1, 0.15) is 0 Å². The highest BCUT2D eigenvalue weighted by Crippen LogP contribution is 2.25. The summed E-state index contributed by atoms with van der Waals surface area (Å²) in [5.41, 5.74) is 0. The number of carbonyl (C=O) groups excluding carboxylic acids is 1. The second kappa shape index (κ2) is 6.75. The number of aliphatic carboxylic acids is 1. The molecule has 1 aliphatic rings. The molecule has 0 saturated carbocycles. The maximum Gasteiger partial charge on any atom is 0.320 e. The quantitative estimate of drug-likeness (QED) is 0.782. The van der Waals surface area contributed by atoms with E-state index in [1.165, 1.54) is 0 Å². The number of amides is 2. The Morgan fingerprint density at radius 3 is 2.53 bits per heavy atom. The molecule has 6 heteroatoms. The predicted molar refractivity (Wildman–Crippen MR) is 70.9 cm³/mol. The predicted octanol–water partition coefficient (Wildman–Crippen LogP) is 0.994. The van der Waals surface area contributed by atoms with Gasteiger partial charge in [-0.25, -0.2) is 4.79 Å². The van der Waals surface area contributed by atoms with Crippen LogP contribution in [-0.4, -0.2) is 63.8 Å². The summed E-state index contributed by atoms with van der Waals surface area (Å²) in [6.45, 7) is 6.54. The van der Waals surface area contributed by atoms with Crippen LogP contribution in [0.25, 0.3) is 0 Å². The first-order valence-corrected chi connectivity index (χ1v) is 6.78. The van der Waals surface area contributed by atoms with E-state index in [4.69, 9.17) is 5.11 Å². The lowest BCUT2D eigenvalue weighted by Crippen LogP contribution is -2.50. The first kappa shape index (κ1) is 15.8. The topological polar surface area (TPSA) is 81.1 Å². The second-order valence-electron chi connectivity index (χ2n) is 5.42. The molecule has 0 aromatic rings. The van der Waals surface area contributed by atoms with Gasteiger partial charge in [-0.05, 0) is 26.2 Å². The molecule has 2 amide bonds. The van der Waals surface area contributed by atoms with Crippen molar-refractivity contribution in [2.24, 2.45) is 5.92 Å². The SMILES string of the molecule is CC1CCN(C(=O)N(CCC(=O)O)C(C)C)C1CO. The standard InChI is InChI=1S/C13H24N2O4/c1-9(2)14(7-5-12(17)18)13(19)15-6-4-10(3)11(15)8-16/h9-11,16H,4-8H2,1-3H3,(H,17,18). The molecule has 2 unspecified atom stereocenters. The summed E-state index contributed by atoms with van der Waals surface area (Å²) in [5, 5.41) is 18.1. The molecule has 1 rings (SSSR count). The van der Waals surface area contributed by atoms with Crippen molar-refractivity contribution in [2.75, 3.05) is 19.7 Å². The van der Waals surface area contributed by atoms with E-state index in [0.717, 1.165) is 6.42 Å². The van der Waals surface area contributed by atoms with Crippen molar-refractivity contribution in [1.29, 1.82) is 0 Å². The van der Waals surface area contributed by atoms with Gasteiger partial charge in [-0.1, -0.05) is 6.92 Å². The first-order valence-electron chi connectivity index (χ1n) is 6.78. The summed E-state index contributed by atoms with van der Waals surface area (Å²) in [6.07, 6.45) is 0.818. The van der Waals surface area contributed by atoms with Gasteiger partial charge < -0.3 is 20.0 Å². The summed E-state index contributed by atoms with van der Waals surface area (Å²) >= 11 is 0. The fraction of sp³-hybridized carbons (Fsp3) is 0.846. The Bertz CT molecular complexity index is 333. The fourth-order valence-corrected chi connectivity index (χ4v) is 2.48. The van der Waals surface area contributed by atoms with Crippen molar-refractivity contribution < 1.29 is 19.8 Å². The van der Waals surface area contributed by atoms with E-state index >= 15 is 0 Å². The Hall–Kier alpha value is -1.30. The van der Waals surface area contributed by atoms with Crippen LogP contribution in [0.2, 0.25) is 0 Å². The summed E-state index contributed by atoms with van der Waals surface area (Å²) in [5.74, 6) is -0.630. The average molecular weight is 272 g/mol. The molecule has 0 aromatic carbocycles. The van der Waals surface area contributed by atoms with Crippen LogP contribution in [0.15, 0.2) is 0 Å². The smallest absolute Gasteiger partial charge is 0.320 e. The van der Waals surface area contributed by atoms with Crippen molar-refractivity contribution in [2.45, 2.75) is 45.7 Å². The van der Waals surface area contributed by atoms with E-state index in [-0.39, 0.29) is 43.6 Å². The highest BCUT2D eigenvalue weighted by Gasteiger charge is 2.36. The van der Waals surface area contributed by atoms with E-state index in [9.17, 15) is 14.7 Å². The van der Waals surface area contributed by atoms with Crippen LogP contribution in [0.4, 0.5) is 4.79 Å². The lowest BCUT2D eigenvalue weighted by molar-refractivity contribution is -0.137. The lowest BCUT2D eigenvalue weighted by Gasteiger charge is -2.34. The number of rotatable bonds is 5. The fourth-order valence-electron chi connectivity index (χ4n) is 2.48. The van der Waals surface area contributed by atoms with E-state index in [2.05, 4.69) is 0 Å². The minimum atomic E-state index is -0.910. The Morgan fingerprint density at radius 1 is 1.42 bits per heavy atom. The van der Waals surface area contributed by atoms with E-state index in [1.54, 1.807) is 9.80 Å². The highest BCUT2D eigenvalue weighted by molar-refractivity contribution is 5.76. The maximum atomic E-state index is 12.5. The Labute approximate surface area is 114 Å². The average Bonchev–Trinajstić information content (AvgIpc) is 2.69. The second-order valence-corrected chi connectivity index (χ2v) is 5.42. The number of urea groups is 1. The molecule has 1 aliphatic heterocycles. The number of likely N-dealkylation sites (tertiary alicyclic amines) is 1. The zero-order chi connectivity index (χ0) is 14.6. The van der Waals surface area contributed by atoms with E-state index in [0.29, 0.717) is 6.54 Å². The number of aliphatic hydroxyl groups excluding tert-OH is 1. The minimum Gasteiger partial charge on any atom is -0.481 e. The summed E-state index contributed by atoms with van der Waals surface area (Å²) < 4.78 is 0. The molecule has 1 saturated heterocycles. The number of carboxylic acid groups (broad SMARTS) is 1. The molecule has 1 heterocycles. The van der Waals surface area contributed by atoms with Crippen LogP contribution >= 0.6 is 0 Å². The Kier molecular flexibility index (Phi) is 5.60. The van der Waals surface area contributed by atoms with Crippen LogP contribution in [-0.2, 0) is 4.79 Å².